The lowest BCUT2D eigenvalue weighted by Crippen LogP contribution is -2.31. The van der Waals surface area contributed by atoms with E-state index in [1.54, 1.807) is 36.8 Å². The summed E-state index contributed by atoms with van der Waals surface area (Å²) in [6, 6.07) is 22.7. The van der Waals surface area contributed by atoms with E-state index < -0.39 is 0 Å². The van der Waals surface area contributed by atoms with Crippen LogP contribution in [0.5, 0.6) is 5.75 Å². The fourth-order valence-electron chi connectivity index (χ4n) is 3.90. The number of anilines is 1. The summed E-state index contributed by atoms with van der Waals surface area (Å²) in [4.78, 5) is 18.4. The quantitative estimate of drug-likeness (QED) is 0.338. The number of nitrogens with zero attached hydrogens (tertiary/aromatic N) is 4. The molecule has 3 aromatic heterocycles. The van der Waals surface area contributed by atoms with Crippen LogP contribution >= 0.6 is 0 Å². The molecule has 7 heteroatoms. The maximum absolute atomic E-state index is 10.0. The number of nitrogens with one attached hydrogen (secondary N) is 1. The third kappa shape index (κ3) is 4.69. The summed E-state index contributed by atoms with van der Waals surface area (Å²) in [5.74, 6) is 1.41. The molecule has 0 fully saturated rings. The van der Waals surface area contributed by atoms with Crippen LogP contribution in [0.4, 0.5) is 5.82 Å². The van der Waals surface area contributed by atoms with E-state index in [-0.39, 0.29) is 11.8 Å². The van der Waals surface area contributed by atoms with Gasteiger partial charge in [-0.05, 0) is 42.3 Å². The Kier molecular flexibility index (Phi) is 6.09. The molecule has 0 saturated heterocycles. The molecule has 0 aliphatic carbocycles. The fraction of sp³-hybridized carbons (Fsp3) is 0.111. The largest absolute Gasteiger partial charge is 0.508 e. The molecule has 7 nitrogen and oxygen atoms in total. The summed E-state index contributed by atoms with van der Waals surface area (Å²) >= 11 is 0. The van der Waals surface area contributed by atoms with E-state index in [1.807, 2.05) is 42.5 Å². The number of phenolic OH excluding ortho intramolecular Hbond substituents is 1. The Balaban J connectivity index is 1.55. The number of aromatic hydroxyl groups is 1. The zero-order valence-electron chi connectivity index (χ0n) is 18.5. The maximum Gasteiger partial charge on any atom is 0.162 e. The van der Waals surface area contributed by atoms with Crippen LogP contribution in [0.1, 0.15) is 5.56 Å². The summed E-state index contributed by atoms with van der Waals surface area (Å²) in [6.45, 7) is 0.542. The smallest absolute Gasteiger partial charge is 0.162 e. The van der Waals surface area contributed by atoms with Crippen LogP contribution in [0, 0.1) is 0 Å². The van der Waals surface area contributed by atoms with E-state index in [1.165, 1.54) is 5.56 Å². The summed E-state index contributed by atoms with van der Waals surface area (Å²) in [7, 11) is 0. The van der Waals surface area contributed by atoms with Gasteiger partial charge in [0, 0.05) is 47.7 Å². The molecule has 0 amide bonds. The number of pyridine rings is 2. The van der Waals surface area contributed by atoms with Crippen molar-refractivity contribution in [3.63, 3.8) is 0 Å². The summed E-state index contributed by atoms with van der Waals surface area (Å²) < 4.78 is 0. The van der Waals surface area contributed by atoms with Crippen molar-refractivity contribution >= 4 is 16.7 Å². The molecule has 0 unspecified atom stereocenters. The van der Waals surface area contributed by atoms with Crippen LogP contribution < -0.4 is 11.1 Å². The topological polar surface area (TPSA) is 110 Å². The van der Waals surface area contributed by atoms with Gasteiger partial charge in [-0.15, -0.1) is 0 Å². The van der Waals surface area contributed by atoms with Crippen LogP contribution in [-0.2, 0) is 6.42 Å². The third-order valence-corrected chi connectivity index (χ3v) is 5.55. The van der Waals surface area contributed by atoms with Crippen LogP contribution in [0.3, 0.4) is 0 Å². The molecule has 2 aromatic carbocycles. The molecular weight excluding hydrogens is 424 g/mol. The summed E-state index contributed by atoms with van der Waals surface area (Å²) in [6.07, 6.45) is 5.91. The standard InChI is InChI=1S/C27H24N6O/c28-21(15-18-5-2-1-3-6-18)17-31-27-23-11-14-30-24(20-7-4-8-22(34)16-20)25(23)32-26(33-27)19-9-12-29-13-10-19/h1-14,16,21,34H,15,17,28H2,(H,31,32,33)/t21-/m1/s1. The van der Waals surface area contributed by atoms with E-state index in [0.29, 0.717) is 29.4 Å². The van der Waals surface area contributed by atoms with Gasteiger partial charge in [-0.1, -0.05) is 42.5 Å². The molecular formula is C27H24N6O. The van der Waals surface area contributed by atoms with Crippen LogP contribution in [0.2, 0.25) is 0 Å². The van der Waals surface area contributed by atoms with Gasteiger partial charge in [-0.3, -0.25) is 9.97 Å². The van der Waals surface area contributed by atoms with Crippen LogP contribution in [0.25, 0.3) is 33.5 Å². The first-order valence-corrected chi connectivity index (χ1v) is 11.1. The van der Waals surface area contributed by atoms with E-state index >= 15 is 0 Å². The molecule has 4 N–H and O–H groups in total. The minimum atomic E-state index is -0.0934. The third-order valence-electron chi connectivity index (χ3n) is 5.55. The van der Waals surface area contributed by atoms with Crippen LogP contribution in [0.15, 0.2) is 91.4 Å². The van der Waals surface area contributed by atoms with Crippen molar-refractivity contribution in [1.82, 2.24) is 19.9 Å². The number of hydrogen-bond acceptors (Lipinski definition) is 7. The number of nitrogens with two attached hydrogens (primary N) is 1. The zero-order valence-corrected chi connectivity index (χ0v) is 18.5. The Morgan fingerprint density at radius 1 is 0.853 bits per heavy atom. The van der Waals surface area contributed by atoms with Gasteiger partial charge >= 0.3 is 0 Å². The SMILES string of the molecule is N[C@@H](CNc1nc(-c2ccncc2)nc2c(-c3cccc(O)c3)nccc12)Cc1ccccc1. The lowest BCUT2D eigenvalue weighted by Gasteiger charge is -2.16. The number of aromatic nitrogens is 4. The predicted molar refractivity (Wildman–Crippen MR) is 134 cm³/mol. The molecule has 0 aliphatic rings. The maximum atomic E-state index is 10.0. The van der Waals surface area contributed by atoms with E-state index in [0.717, 1.165) is 22.9 Å². The molecule has 1 atom stereocenters. The molecule has 34 heavy (non-hydrogen) atoms. The summed E-state index contributed by atoms with van der Waals surface area (Å²) in [5, 5.41) is 14.3. The van der Waals surface area contributed by atoms with E-state index in [9.17, 15) is 5.11 Å². The first-order chi connectivity index (χ1) is 16.7. The van der Waals surface area contributed by atoms with Crippen LogP contribution in [-0.4, -0.2) is 37.6 Å². The molecule has 0 bridgehead atoms. The fourth-order valence-corrected chi connectivity index (χ4v) is 3.90. The Bertz CT molecular complexity index is 1410. The number of fused-ring (bicyclic) bond motifs is 1. The first kappa shape index (κ1) is 21.5. The Hall–Kier alpha value is -4.36. The van der Waals surface area contributed by atoms with Crippen molar-refractivity contribution in [1.29, 1.82) is 0 Å². The number of benzene rings is 2. The summed E-state index contributed by atoms with van der Waals surface area (Å²) in [5.41, 5.74) is 10.6. The normalized spacial score (nSPS) is 11.9. The molecule has 3 heterocycles. The highest BCUT2D eigenvalue weighted by Crippen LogP contribution is 2.32. The average molecular weight is 449 g/mol. The predicted octanol–water partition coefficient (Wildman–Crippen LogP) is 4.44. The van der Waals surface area contributed by atoms with Gasteiger partial charge in [0.25, 0.3) is 0 Å². The molecule has 0 saturated carbocycles. The highest BCUT2D eigenvalue weighted by atomic mass is 16.3. The van der Waals surface area contributed by atoms with Gasteiger partial charge in [0.1, 0.15) is 17.1 Å². The lowest BCUT2D eigenvalue weighted by atomic mass is 10.1. The van der Waals surface area contributed by atoms with Crippen molar-refractivity contribution in [3.8, 4) is 28.4 Å². The van der Waals surface area contributed by atoms with Gasteiger partial charge in [0.2, 0.25) is 0 Å². The average Bonchev–Trinajstić information content (AvgIpc) is 2.88. The minimum absolute atomic E-state index is 0.0934. The van der Waals surface area contributed by atoms with Gasteiger partial charge in [0.15, 0.2) is 5.82 Å². The van der Waals surface area contributed by atoms with Crippen molar-refractivity contribution in [2.24, 2.45) is 5.73 Å². The lowest BCUT2D eigenvalue weighted by molar-refractivity contribution is 0.475. The molecule has 5 rings (SSSR count). The molecule has 5 aromatic rings. The molecule has 168 valence electrons. The molecule has 0 radical (unpaired) electrons. The Morgan fingerprint density at radius 2 is 1.68 bits per heavy atom. The number of rotatable bonds is 7. The van der Waals surface area contributed by atoms with Crippen molar-refractivity contribution in [2.45, 2.75) is 12.5 Å². The molecule has 0 aliphatic heterocycles. The van der Waals surface area contributed by atoms with Crippen molar-refractivity contribution in [2.75, 3.05) is 11.9 Å². The van der Waals surface area contributed by atoms with E-state index in [2.05, 4.69) is 27.4 Å². The highest BCUT2D eigenvalue weighted by molar-refractivity contribution is 5.98. The van der Waals surface area contributed by atoms with Gasteiger partial charge in [-0.2, -0.15) is 0 Å². The second-order valence-electron chi connectivity index (χ2n) is 8.07. The Morgan fingerprint density at radius 3 is 2.47 bits per heavy atom. The number of hydrogen-bond donors (Lipinski definition) is 3. The van der Waals surface area contributed by atoms with E-state index in [4.69, 9.17) is 15.7 Å². The molecule has 0 spiro atoms. The minimum Gasteiger partial charge on any atom is -0.508 e. The number of phenols is 1. The van der Waals surface area contributed by atoms with Crippen molar-refractivity contribution < 1.29 is 5.11 Å². The Labute approximate surface area is 197 Å². The first-order valence-electron chi connectivity index (χ1n) is 11.1. The van der Waals surface area contributed by atoms with Gasteiger partial charge in [-0.25, -0.2) is 9.97 Å². The monoisotopic (exact) mass is 448 g/mol. The second kappa shape index (κ2) is 9.64. The van der Waals surface area contributed by atoms with Crippen molar-refractivity contribution in [3.05, 3.63) is 97.0 Å². The second-order valence-corrected chi connectivity index (χ2v) is 8.07. The zero-order chi connectivity index (χ0) is 23.3. The van der Waals surface area contributed by atoms with Gasteiger partial charge in [0.05, 0.1) is 5.69 Å². The van der Waals surface area contributed by atoms with Gasteiger partial charge < -0.3 is 16.2 Å². The highest BCUT2D eigenvalue weighted by Gasteiger charge is 2.16.